The number of amides is 5. The number of nitrogens with one attached hydrogen (secondary N) is 5. The number of hydrazine groups is 1. The van der Waals surface area contributed by atoms with Crippen LogP contribution in [0.5, 0.6) is 0 Å². The fraction of sp³-hybridized carbons (Fsp3) is 0.395. The van der Waals surface area contributed by atoms with Crippen molar-refractivity contribution in [1.82, 2.24) is 31.4 Å². The Morgan fingerprint density at radius 2 is 1.49 bits per heavy atom. The van der Waals surface area contributed by atoms with Crippen molar-refractivity contribution in [3.05, 3.63) is 95.1 Å². The quantitative estimate of drug-likeness (QED) is 0.0672. The number of nitrogens with zero attached hydrogens (tertiary/aromatic N) is 2. The first-order valence-corrected chi connectivity index (χ1v) is 20.1. The zero-order valence-corrected chi connectivity index (χ0v) is 34.2. The summed E-state index contributed by atoms with van der Waals surface area (Å²) >= 11 is 1.57. The highest BCUT2D eigenvalue weighted by molar-refractivity contribution is 7.13. The molecule has 57 heavy (non-hydrogen) atoms. The lowest BCUT2D eigenvalue weighted by molar-refractivity contribution is -0.144. The number of hydrogen-bond acceptors (Lipinski definition) is 9. The largest absolute Gasteiger partial charge is 0.391 e. The highest BCUT2D eigenvalue weighted by Crippen LogP contribution is 2.30. The van der Waals surface area contributed by atoms with Crippen molar-refractivity contribution >= 4 is 46.6 Å². The summed E-state index contributed by atoms with van der Waals surface area (Å²) in [7, 11) is 0. The molecule has 14 heteroatoms. The van der Waals surface area contributed by atoms with Gasteiger partial charge in [0.25, 0.3) is 5.91 Å². The summed E-state index contributed by atoms with van der Waals surface area (Å²) in [5.41, 5.74) is 12.4. The van der Waals surface area contributed by atoms with Gasteiger partial charge in [0.05, 0.1) is 28.2 Å². The van der Waals surface area contributed by atoms with E-state index in [4.69, 9.17) is 0 Å². The molecule has 0 radical (unpaired) electrons. The van der Waals surface area contributed by atoms with Gasteiger partial charge < -0.3 is 26.0 Å². The van der Waals surface area contributed by atoms with Gasteiger partial charge in [-0.1, -0.05) is 76.2 Å². The van der Waals surface area contributed by atoms with Crippen molar-refractivity contribution in [2.75, 3.05) is 18.4 Å². The van der Waals surface area contributed by atoms with Crippen molar-refractivity contribution in [3.8, 4) is 21.6 Å². The van der Waals surface area contributed by atoms with Crippen molar-refractivity contribution in [1.29, 1.82) is 0 Å². The number of benzene rings is 3. The molecule has 2 heterocycles. The van der Waals surface area contributed by atoms with Crippen molar-refractivity contribution in [2.24, 2.45) is 5.41 Å². The van der Waals surface area contributed by atoms with Crippen LogP contribution in [0.2, 0.25) is 0 Å². The molecule has 6 N–H and O–H groups in total. The number of rotatable bonds is 15. The van der Waals surface area contributed by atoms with Crippen molar-refractivity contribution in [3.63, 3.8) is 0 Å². The molecule has 5 rings (SSSR count). The maximum Gasteiger partial charge on any atom is 0.265 e. The number of aryl methyl sites for hydroxylation is 1. The van der Waals surface area contributed by atoms with Gasteiger partial charge in [-0.15, -0.1) is 11.3 Å². The lowest BCUT2D eigenvalue weighted by atomic mass is 9.85. The number of aliphatic hydroxyl groups excluding tert-OH is 1. The van der Waals surface area contributed by atoms with E-state index in [-0.39, 0.29) is 43.7 Å². The molecule has 0 saturated carbocycles. The predicted octanol–water partition coefficient (Wildman–Crippen LogP) is 5.52. The average molecular weight is 796 g/mol. The smallest absolute Gasteiger partial charge is 0.265 e. The number of anilines is 1. The molecule has 0 aliphatic carbocycles. The second-order valence-corrected chi connectivity index (χ2v) is 16.3. The van der Waals surface area contributed by atoms with E-state index in [2.05, 4.69) is 31.8 Å². The number of hydrogen-bond donors (Lipinski definition) is 6. The lowest BCUT2D eigenvalue weighted by Gasteiger charge is -2.35. The van der Waals surface area contributed by atoms with Crippen LogP contribution in [0.15, 0.2) is 78.3 Å². The number of carbonyl (C=O) groups is 5. The molecule has 5 amide bonds. The van der Waals surface area contributed by atoms with E-state index in [1.54, 1.807) is 35.6 Å². The van der Waals surface area contributed by atoms with Gasteiger partial charge in [-0.2, -0.15) is 0 Å². The zero-order chi connectivity index (χ0) is 41.3. The Balaban J connectivity index is 1.13. The molecule has 1 fully saturated rings. The Labute approximate surface area is 338 Å². The number of β-amino-alcohol motifs (C(OH)–C–C–N with tert-alkyl or cyclic N) is 1. The van der Waals surface area contributed by atoms with E-state index in [9.17, 15) is 29.1 Å². The van der Waals surface area contributed by atoms with Gasteiger partial charge in [0, 0.05) is 43.6 Å². The Morgan fingerprint density at radius 1 is 0.877 bits per heavy atom. The maximum absolute atomic E-state index is 14.0. The number of aromatic nitrogens is 1. The van der Waals surface area contributed by atoms with Crippen LogP contribution < -0.4 is 26.8 Å². The molecule has 0 spiro atoms. The van der Waals surface area contributed by atoms with Crippen LogP contribution in [0.4, 0.5) is 5.69 Å². The molecule has 1 aliphatic heterocycles. The first-order valence-electron chi connectivity index (χ1n) is 19.3. The Hall–Kier alpha value is -5.44. The van der Waals surface area contributed by atoms with Crippen LogP contribution in [0.1, 0.15) is 88.0 Å². The van der Waals surface area contributed by atoms with E-state index in [1.807, 2.05) is 95.6 Å². The summed E-state index contributed by atoms with van der Waals surface area (Å²) in [5.74, 6) is -1.94. The topological polar surface area (TPSA) is 182 Å². The zero-order valence-electron chi connectivity index (χ0n) is 33.3. The van der Waals surface area contributed by atoms with Gasteiger partial charge in [0.1, 0.15) is 12.1 Å². The molecule has 0 unspecified atom stereocenters. The third-order valence-electron chi connectivity index (χ3n) is 9.87. The second kappa shape index (κ2) is 19.1. The van der Waals surface area contributed by atoms with Crippen LogP contribution in [0.25, 0.3) is 21.6 Å². The predicted molar refractivity (Wildman–Crippen MR) is 222 cm³/mol. The minimum absolute atomic E-state index is 0.0445. The molecular formula is C43H53N7O6S. The highest BCUT2D eigenvalue weighted by Gasteiger charge is 2.44. The summed E-state index contributed by atoms with van der Waals surface area (Å²) in [4.78, 5) is 72.7. The van der Waals surface area contributed by atoms with Gasteiger partial charge in [0.2, 0.25) is 23.6 Å². The molecule has 4 aromatic rings. The molecule has 302 valence electrons. The van der Waals surface area contributed by atoms with Crippen LogP contribution in [0, 0.1) is 12.3 Å². The number of aliphatic hydroxyl groups is 1. The maximum atomic E-state index is 14.0. The lowest BCUT2D eigenvalue weighted by Crippen LogP contribution is -2.57. The second-order valence-electron chi connectivity index (χ2n) is 15.5. The normalized spacial score (nSPS) is 16.4. The fourth-order valence-electron chi connectivity index (χ4n) is 6.60. The van der Waals surface area contributed by atoms with Gasteiger partial charge in [-0.3, -0.25) is 29.4 Å². The molecular weight excluding hydrogens is 743 g/mol. The fourth-order valence-corrected chi connectivity index (χ4v) is 7.41. The van der Waals surface area contributed by atoms with E-state index in [0.717, 1.165) is 39.2 Å². The Bertz CT molecular complexity index is 2030. The minimum Gasteiger partial charge on any atom is -0.391 e. The number of carbonyl (C=O) groups excluding carboxylic acids is 5. The minimum atomic E-state index is -1.01. The molecule has 4 atom stereocenters. The molecule has 0 bridgehead atoms. The standard InChI is InChI=1S/C43H53N7O6S/c1-7-22-45-49-40(54)32-14-10-29(11-15-32)30-16-18-33(19-17-30)47-36(52)20-21-37(53)48-39(43(4,5)6)42(56)50-24-34(51)23-35(50)41(55)46-26(2)28-8-12-31(13-9-28)38-27(3)44-25-57-38/h8-19,25-26,34-35,39,45,51H,7,20-24H2,1-6H3,(H,46,55)(H,47,52)(H,48,53)(H,49,54)/t26-,34+,35-,39+/m0/s1. The summed E-state index contributed by atoms with van der Waals surface area (Å²) in [6, 6.07) is 20.0. The van der Waals surface area contributed by atoms with E-state index < -0.39 is 41.3 Å². The third-order valence-corrected chi connectivity index (χ3v) is 10.8. The van der Waals surface area contributed by atoms with Gasteiger partial charge in [-0.25, -0.2) is 10.4 Å². The molecule has 1 aromatic heterocycles. The molecule has 1 saturated heterocycles. The van der Waals surface area contributed by atoms with Crippen LogP contribution in [-0.2, 0) is 19.2 Å². The Morgan fingerprint density at radius 3 is 2.09 bits per heavy atom. The summed E-state index contributed by atoms with van der Waals surface area (Å²) in [6.07, 6.45) is -0.215. The highest BCUT2D eigenvalue weighted by atomic mass is 32.1. The van der Waals surface area contributed by atoms with Gasteiger partial charge in [0.15, 0.2) is 0 Å². The van der Waals surface area contributed by atoms with Crippen LogP contribution >= 0.6 is 11.3 Å². The first kappa shape index (κ1) is 42.7. The SMILES string of the molecule is CCCNNC(=O)c1ccc(-c2ccc(NC(=O)CCC(=O)N[C@H](C(=O)N3C[C@H](O)C[C@H]3C(=O)N[C@@H](C)c3ccc(-c4scnc4C)cc3)C(C)(C)C)cc2)cc1. The summed E-state index contributed by atoms with van der Waals surface area (Å²) in [5, 5.41) is 19.2. The van der Waals surface area contributed by atoms with Crippen LogP contribution in [-0.4, -0.2) is 75.8 Å². The van der Waals surface area contributed by atoms with Gasteiger partial charge in [-0.05, 0) is 72.2 Å². The van der Waals surface area contributed by atoms with Crippen molar-refractivity contribution < 1.29 is 29.1 Å². The Kier molecular flexibility index (Phi) is 14.3. The summed E-state index contributed by atoms with van der Waals surface area (Å²) in [6.45, 7) is 11.9. The molecule has 3 aromatic carbocycles. The average Bonchev–Trinajstić information content (AvgIpc) is 3.81. The first-order chi connectivity index (χ1) is 27.1. The van der Waals surface area contributed by atoms with Crippen molar-refractivity contribution in [2.45, 2.75) is 91.5 Å². The molecule has 1 aliphatic rings. The number of thiazole rings is 1. The monoisotopic (exact) mass is 795 g/mol. The van der Waals surface area contributed by atoms with E-state index in [0.29, 0.717) is 17.8 Å². The van der Waals surface area contributed by atoms with E-state index >= 15 is 0 Å². The number of likely N-dealkylation sites (tertiary alicyclic amines) is 1. The molecule has 13 nitrogen and oxygen atoms in total. The van der Waals surface area contributed by atoms with E-state index in [1.165, 1.54) is 4.90 Å². The summed E-state index contributed by atoms with van der Waals surface area (Å²) < 4.78 is 0. The van der Waals surface area contributed by atoms with Gasteiger partial charge >= 0.3 is 0 Å². The third kappa shape index (κ3) is 11.3. The van der Waals surface area contributed by atoms with Crippen LogP contribution in [0.3, 0.4) is 0 Å².